The fourth-order valence-corrected chi connectivity index (χ4v) is 0.602. The quantitative estimate of drug-likeness (QED) is 0.479. The summed E-state index contributed by atoms with van der Waals surface area (Å²) in [6.45, 7) is 1.54. The van der Waals surface area contributed by atoms with Gasteiger partial charge >= 0.3 is 0 Å². The van der Waals surface area contributed by atoms with Crippen molar-refractivity contribution in [1.29, 1.82) is 0 Å². The maximum Gasteiger partial charge on any atom is 0.264 e. The molecule has 0 bridgehead atoms. The standard InChI is InChI=1S/C6H7NO3/c1-3-5(9)6(10)4(8)2-7-3/h2,8-9H,1H3,(H,7,10). The molecular weight excluding hydrogens is 134 g/mol. The van der Waals surface area contributed by atoms with E-state index in [-0.39, 0.29) is 0 Å². The molecule has 0 aliphatic heterocycles. The first-order valence-corrected chi connectivity index (χ1v) is 2.73. The van der Waals surface area contributed by atoms with Crippen molar-refractivity contribution in [3.05, 3.63) is 22.1 Å². The molecule has 0 saturated carbocycles. The van der Waals surface area contributed by atoms with Crippen LogP contribution < -0.4 is 5.43 Å². The summed E-state index contributed by atoms with van der Waals surface area (Å²) in [6.07, 6.45) is 1.14. The van der Waals surface area contributed by atoms with Gasteiger partial charge in [-0.05, 0) is 6.92 Å². The van der Waals surface area contributed by atoms with Gasteiger partial charge in [0.15, 0.2) is 11.5 Å². The molecule has 4 nitrogen and oxygen atoms in total. The van der Waals surface area contributed by atoms with Crippen molar-refractivity contribution in [2.45, 2.75) is 6.92 Å². The molecular formula is C6H7NO3. The highest BCUT2D eigenvalue weighted by atomic mass is 16.3. The lowest BCUT2D eigenvalue weighted by Gasteiger charge is -1.96. The summed E-state index contributed by atoms with van der Waals surface area (Å²) < 4.78 is 0. The minimum atomic E-state index is -0.740. The number of hydrogen-bond acceptors (Lipinski definition) is 3. The molecule has 1 aromatic rings. The predicted molar refractivity (Wildman–Crippen MR) is 35.1 cm³/mol. The number of H-pyrrole nitrogens is 1. The summed E-state index contributed by atoms with van der Waals surface area (Å²) in [7, 11) is 0. The van der Waals surface area contributed by atoms with Crippen LogP contribution in [-0.4, -0.2) is 15.2 Å². The molecule has 0 amide bonds. The first kappa shape index (κ1) is 6.67. The lowest BCUT2D eigenvalue weighted by Crippen LogP contribution is -2.02. The van der Waals surface area contributed by atoms with E-state index >= 15 is 0 Å². The smallest absolute Gasteiger partial charge is 0.264 e. The Kier molecular flexibility index (Phi) is 1.37. The highest BCUT2D eigenvalue weighted by Gasteiger charge is 2.04. The Morgan fingerprint density at radius 2 is 2.10 bits per heavy atom. The maximum atomic E-state index is 10.7. The van der Waals surface area contributed by atoms with Crippen LogP contribution in [0, 0.1) is 6.92 Å². The Labute approximate surface area is 56.8 Å². The van der Waals surface area contributed by atoms with Crippen LogP contribution in [0.15, 0.2) is 11.0 Å². The normalized spacial score (nSPS) is 9.70. The Balaban J connectivity index is 3.50. The van der Waals surface area contributed by atoms with Crippen LogP contribution >= 0.6 is 0 Å². The van der Waals surface area contributed by atoms with Gasteiger partial charge < -0.3 is 15.2 Å². The summed E-state index contributed by atoms with van der Waals surface area (Å²) in [6, 6.07) is 0. The third-order valence-electron chi connectivity index (χ3n) is 1.23. The number of nitrogens with one attached hydrogen (secondary N) is 1. The van der Waals surface area contributed by atoms with Crippen LogP contribution in [0.4, 0.5) is 0 Å². The lowest BCUT2D eigenvalue weighted by atomic mass is 10.3. The second-order valence-corrected chi connectivity index (χ2v) is 1.98. The molecule has 0 fully saturated rings. The van der Waals surface area contributed by atoms with Gasteiger partial charge in [0.25, 0.3) is 5.43 Å². The van der Waals surface area contributed by atoms with Gasteiger partial charge in [-0.1, -0.05) is 0 Å². The van der Waals surface area contributed by atoms with E-state index in [9.17, 15) is 4.79 Å². The van der Waals surface area contributed by atoms with Gasteiger partial charge in [0.2, 0.25) is 0 Å². The minimum Gasteiger partial charge on any atom is -0.503 e. The van der Waals surface area contributed by atoms with E-state index in [2.05, 4.69) is 4.98 Å². The van der Waals surface area contributed by atoms with E-state index in [0.717, 1.165) is 6.20 Å². The van der Waals surface area contributed by atoms with Crippen LogP contribution in [0.5, 0.6) is 11.5 Å². The molecule has 3 N–H and O–H groups in total. The summed E-state index contributed by atoms with van der Waals surface area (Å²) in [5.41, 5.74) is -0.390. The molecule has 54 valence electrons. The van der Waals surface area contributed by atoms with Crippen molar-refractivity contribution in [1.82, 2.24) is 4.98 Å². The third-order valence-corrected chi connectivity index (χ3v) is 1.23. The molecule has 0 spiro atoms. The largest absolute Gasteiger partial charge is 0.503 e. The average molecular weight is 141 g/mol. The zero-order valence-corrected chi connectivity index (χ0v) is 5.38. The van der Waals surface area contributed by atoms with E-state index in [4.69, 9.17) is 10.2 Å². The third kappa shape index (κ3) is 0.834. The highest BCUT2D eigenvalue weighted by Crippen LogP contribution is 2.09. The fraction of sp³-hybridized carbons (Fsp3) is 0.167. The minimum absolute atomic E-state index is 0.350. The topological polar surface area (TPSA) is 73.3 Å². The first-order chi connectivity index (χ1) is 4.63. The van der Waals surface area contributed by atoms with Gasteiger partial charge in [-0.25, -0.2) is 0 Å². The van der Waals surface area contributed by atoms with Gasteiger partial charge in [-0.3, -0.25) is 4.79 Å². The number of aromatic nitrogens is 1. The van der Waals surface area contributed by atoms with E-state index < -0.39 is 16.9 Å². The van der Waals surface area contributed by atoms with Crippen molar-refractivity contribution in [2.24, 2.45) is 0 Å². The summed E-state index contributed by atoms with van der Waals surface area (Å²) in [4.78, 5) is 13.2. The molecule has 0 aliphatic rings. The van der Waals surface area contributed by atoms with Crippen LogP contribution in [0.2, 0.25) is 0 Å². The van der Waals surface area contributed by atoms with Gasteiger partial charge in [0.05, 0.1) is 5.69 Å². The number of rotatable bonds is 0. The molecule has 1 rings (SSSR count). The Morgan fingerprint density at radius 3 is 2.60 bits per heavy atom. The molecule has 0 saturated heterocycles. The van der Waals surface area contributed by atoms with Crippen LogP contribution in [0.1, 0.15) is 5.69 Å². The number of aromatic amines is 1. The van der Waals surface area contributed by atoms with Crippen molar-refractivity contribution >= 4 is 0 Å². The molecule has 0 unspecified atom stereocenters. The van der Waals surface area contributed by atoms with Crippen LogP contribution in [0.25, 0.3) is 0 Å². The molecule has 0 aromatic carbocycles. The zero-order chi connectivity index (χ0) is 7.72. The second-order valence-electron chi connectivity index (χ2n) is 1.98. The SMILES string of the molecule is Cc1[nH]cc(O)c(=O)c1O. The molecule has 10 heavy (non-hydrogen) atoms. The van der Waals surface area contributed by atoms with E-state index in [1.54, 1.807) is 0 Å². The van der Waals surface area contributed by atoms with Gasteiger partial charge in [-0.15, -0.1) is 0 Å². The van der Waals surface area contributed by atoms with Gasteiger partial charge in [0.1, 0.15) is 0 Å². The Bertz CT molecular complexity index is 302. The lowest BCUT2D eigenvalue weighted by molar-refractivity contribution is 0.433. The number of aromatic hydroxyl groups is 2. The average Bonchev–Trinajstić information content (AvgIpc) is 1.93. The number of aryl methyl sites for hydroxylation is 1. The molecule has 4 heteroatoms. The van der Waals surface area contributed by atoms with Gasteiger partial charge in [0, 0.05) is 6.20 Å². The maximum absolute atomic E-state index is 10.7. The van der Waals surface area contributed by atoms with Crippen LogP contribution in [-0.2, 0) is 0 Å². The van der Waals surface area contributed by atoms with Crippen molar-refractivity contribution in [3.8, 4) is 11.5 Å². The molecule has 1 aromatic heterocycles. The summed E-state index contributed by atoms with van der Waals surface area (Å²) in [5, 5.41) is 17.6. The Morgan fingerprint density at radius 1 is 1.50 bits per heavy atom. The van der Waals surface area contributed by atoms with Crippen molar-refractivity contribution < 1.29 is 10.2 Å². The first-order valence-electron chi connectivity index (χ1n) is 2.73. The van der Waals surface area contributed by atoms with Crippen molar-refractivity contribution in [2.75, 3.05) is 0 Å². The fourth-order valence-electron chi connectivity index (χ4n) is 0.602. The number of hydrogen-bond donors (Lipinski definition) is 3. The van der Waals surface area contributed by atoms with E-state index in [1.807, 2.05) is 0 Å². The molecule has 1 heterocycles. The number of pyridine rings is 1. The highest BCUT2D eigenvalue weighted by molar-refractivity contribution is 5.31. The molecule has 0 radical (unpaired) electrons. The predicted octanol–water partition coefficient (Wildman–Crippen LogP) is 0.0945. The molecule has 0 aliphatic carbocycles. The Hall–Kier alpha value is -1.45. The van der Waals surface area contributed by atoms with E-state index in [1.165, 1.54) is 6.92 Å². The van der Waals surface area contributed by atoms with E-state index in [0.29, 0.717) is 5.69 Å². The van der Waals surface area contributed by atoms with Gasteiger partial charge in [-0.2, -0.15) is 0 Å². The van der Waals surface area contributed by atoms with Crippen LogP contribution in [0.3, 0.4) is 0 Å². The van der Waals surface area contributed by atoms with Crippen molar-refractivity contribution in [3.63, 3.8) is 0 Å². The molecule has 0 atom stereocenters. The second kappa shape index (κ2) is 2.06. The zero-order valence-electron chi connectivity index (χ0n) is 5.38. The monoisotopic (exact) mass is 141 g/mol. The summed E-state index contributed by atoms with van der Waals surface area (Å²) in [5.74, 6) is -0.900. The summed E-state index contributed by atoms with van der Waals surface area (Å²) >= 11 is 0.